The molecule has 1 saturated heterocycles. The summed E-state index contributed by atoms with van der Waals surface area (Å²) in [6.07, 6.45) is 7.56. The fourth-order valence-corrected chi connectivity index (χ4v) is 1.97. The van der Waals surface area contributed by atoms with Crippen LogP contribution >= 0.6 is 0 Å². The van der Waals surface area contributed by atoms with Crippen LogP contribution in [0, 0.1) is 0 Å². The smallest absolute Gasteiger partial charge is 0.108 e. The minimum Gasteiger partial charge on any atom is -0.331 e. The fourth-order valence-electron chi connectivity index (χ4n) is 1.97. The number of rotatable bonds is 3. The molecule has 1 aliphatic heterocycles. The summed E-state index contributed by atoms with van der Waals surface area (Å²) in [5, 5.41) is 3.38. The van der Waals surface area contributed by atoms with Gasteiger partial charge >= 0.3 is 0 Å². The van der Waals surface area contributed by atoms with E-state index in [1.54, 1.807) is 0 Å². The van der Waals surface area contributed by atoms with Crippen molar-refractivity contribution in [2.75, 3.05) is 13.1 Å². The van der Waals surface area contributed by atoms with Crippen molar-refractivity contribution in [2.24, 2.45) is 0 Å². The van der Waals surface area contributed by atoms with Gasteiger partial charge in [-0.2, -0.15) is 0 Å². The molecule has 1 atom stereocenters. The second-order valence-corrected chi connectivity index (χ2v) is 3.65. The molecule has 1 aliphatic rings. The van der Waals surface area contributed by atoms with Crippen molar-refractivity contribution < 1.29 is 0 Å². The van der Waals surface area contributed by atoms with Crippen molar-refractivity contribution in [3.05, 3.63) is 18.2 Å². The lowest BCUT2D eigenvalue weighted by Gasteiger charge is -2.13. The third kappa shape index (κ3) is 1.75. The lowest BCUT2D eigenvalue weighted by atomic mass is 10.2. The van der Waals surface area contributed by atoms with Crippen molar-refractivity contribution in [1.82, 2.24) is 14.9 Å². The summed E-state index contributed by atoms with van der Waals surface area (Å²) in [5.41, 5.74) is 0. The minimum atomic E-state index is 0.643. The van der Waals surface area contributed by atoms with Gasteiger partial charge in [-0.25, -0.2) is 4.98 Å². The van der Waals surface area contributed by atoms with Crippen LogP contribution in [0.15, 0.2) is 12.4 Å². The van der Waals surface area contributed by atoms with E-state index >= 15 is 0 Å². The van der Waals surface area contributed by atoms with Crippen LogP contribution < -0.4 is 5.32 Å². The first-order valence-electron chi connectivity index (χ1n) is 5.14. The van der Waals surface area contributed by atoms with E-state index in [0.717, 1.165) is 19.5 Å². The van der Waals surface area contributed by atoms with E-state index in [-0.39, 0.29) is 0 Å². The number of hydrogen-bond acceptors (Lipinski definition) is 2. The molecule has 0 aliphatic carbocycles. The Kier molecular flexibility index (Phi) is 2.64. The van der Waals surface area contributed by atoms with E-state index in [0.29, 0.717) is 6.04 Å². The highest BCUT2D eigenvalue weighted by atomic mass is 15.1. The monoisotopic (exact) mass is 179 g/mol. The fraction of sp³-hybridized carbons (Fsp3) is 0.700. The average molecular weight is 179 g/mol. The van der Waals surface area contributed by atoms with E-state index < -0.39 is 0 Å². The van der Waals surface area contributed by atoms with Crippen LogP contribution in [-0.2, 0) is 6.42 Å². The molecular weight excluding hydrogens is 162 g/mol. The van der Waals surface area contributed by atoms with Gasteiger partial charge in [0, 0.05) is 31.4 Å². The lowest BCUT2D eigenvalue weighted by Crippen LogP contribution is -2.15. The van der Waals surface area contributed by atoms with Gasteiger partial charge in [-0.15, -0.1) is 0 Å². The zero-order chi connectivity index (χ0) is 9.10. The molecular formula is C10H17N3. The van der Waals surface area contributed by atoms with Gasteiger partial charge in [-0.05, 0) is 19.4 Å². The maximum Gasteiger partial charge on any atom is 0.108 e. The molecule has 0 spiro atoms. The van der Waals surface area contributed by atoms with Crippen LogP contribution in [0.1, 0.15) is 31.6 Å². The number of nitrogens with zero attached hydrogens (tertiary/aromatic N) is 2. The normalized spacial score (nSPS) is 22.4. The predicted molar refractivity (Wildman–Crippen MR) is 52.7 cm³/mol. The zero-order valence-corrected chi connectivity index (χ0v) is 8.16. The molecule has 2 heterocycles. The van der Waals surface area contributed by atoms with Crippen molar-refractivity contribution in [2.45, 2.75) is 32.2 Å². The quantitative estimate of drug-likeness (QED) is 0.759. The van der Waals surface area contributed by atoms with Gasteiger partial charge in [-0.3, -0.25) is 0 Å². The highest BCUT2D eigenvalue weighted by molar-refractivity contribution is 4.97. The molecule has 1 aromatic rings. The highest BCUT2D eigenvalue weighted by Gasteiger charge is 2.17. The molecule has 2 rings (SSSR count). The van der Waals surface area contributed by atoms with Crippen LogP contribution in [0.5, 0.6) is 0 Å². The van der Waals surface area contributed by atoms with Gasteiger partial charge in [-0.1, -0.05) is 6.92 Å². The molecule has 1 fully saturated rings. The molecule has 0 radical (unpaired) electrons. The standard InChI is InChI=1S/C10H17N3/c1-2-3-10-12-6-7-13(10)9-4-5-11-8-9/h6-7,9,11H,2-5,8H2,1H3. The molecule has 1 unspecified atom stereocenters. The predicted octanol–water partition coefficient (Wildman–Crippen LogP) is 1.37. The Balaban J connectivity index is 2.13. The van der Waals surface area contributed by atoms with Crippen LogP contribution in [0.4, 0.5) is 0 Å². The second kappa shape index (κ2) is 3.92. The zero-order valence-electron chi connectivity index (χ0n) is 8.16. The first kappa shape index (κ1) is 8.75. The number of nitrogens with one attached hydrogen (secondary N) is 1. The average Bonchev–Trinajstić information content (AvgIpc) is 2.71. The third-order valence-electron chi connectivity index (χ3n) is 2.65. The summed E-state index contributed by atoms with van der Waals surface area (Å²) in [5.74, 6) is 1.25. The molecule has 13 heavy (non-hydrogen) atoms. The van der Waals surface area contributed by atoms with E-state index in [1.165, 1.54) is 18.7 Å². The van der Waals surface area contributed by atoms with Crippen LogP contribution in [-0.4, -0.2) is 22.6 Å². The summed E-state index contributed by atoms with van der Waals surface area (Å²) >= 11 is 0. The maximum absolute atomic E-state index is 4.39. The highest BCUT2D eigenvalue weighted by Crippen LogP contribution is 2.17. The number of aromatic nitrogens is 2. The summed E-state index contributed by atoms with van der Waals surface area (Å²) in [6.45, 7) is 4.45. The molecule has 1 N–H and O–H groups in total. The molecule has 3 nitrogen and oxygen atoms in total. The summed E-state index contributed by atoms with van der Waals surface area (Å²) < 4.78 is 2.34. The summed E-state index contributed by atoms with van der Waals surface area (Å²) in [7, 11) is 0. The van der Waals surface area contributed by atoms with Gasteiger partial charge in [0.15, 0.2) is 0 Å². The van der Waals surface area contributed by atoms with Crippen molar-refractivity contribution in [1.29, 1.82) is 0 Å². The van der Waals surface area contributed by atoms with Crippen LogP contribution in [0.3, 0.4) is 0 Å². The molecule has 72 valence electrons. The Labute approximate surface area is 79.2 Å². The lowest BCUT2D eigenvalue weighted by molar-refractivity contribution is 0.520. The van der Waals surface area contributed by atoms with Gasteiger partial charge in [0.2, 0.25) is 0 Å². The molecule has 0 bridgehead atoms. The Bertz CT molecular complexity index is 261. The van der Waals surface area contributed by atoms with Crippen LogP contribution in [0.25, 0.3) is 0 Å². The third-order valence-corrected chi connectivity index (χ3v) is 2.65. The Morgan fingerprint density at radius 3 is 3.31 bits per heavy atom. The first-order valence-corrected chi connectivity index (χ1v) is 5.14. The van der Waals surface area contributed by atoms with Gasteiger partial charge < -0.3 is 9.88 Å². The van der Waals surface area contributed by atoms with Gasteiger partial charge in [0.25, 0.3) is 0 Å². The number of imidazole rings is 1. The molecule has 0 aromatic carbocycles. The Hall–Kier alpha value is -0.830. The number of aryl methyl sites for hydroxylation is 1. The van der Waals surface area contributed by atoms with Crippen molar-refractivity contribution in [3.63, 3.8) is 0 Å². The first-order chi connectivity index (χ1) is 6.42. The van der Waals surface area contributed by atoms with Crippen molar-refractivity contribution >= 4 is 0 Å². The summed E-state index contributed by atoms with van der Waals surface area (Å²) in [4.78, 5) is 4.39. The molecule has 1 aromatic heterocycles. The molecule has 3 heteroatoms. The minimum absolute atomic E-state index is 0.643. The van der Waals surface area contributed by atoms with E-state index in [1.807, 2.05) is 6.20 Å². The van der Waals surface area contributed by atoms with Crippen molar-refractivity contribution in [3.8, 4) is 0 Å². The largest absolute Gasteiger partial charge is 0.331 e. The maximum atomic E-state index is 4.39. The summed E-state index contributed by atoms with van der Waals surface area (Å²) in [6, 6.07) is 0.643. The van der Waals surface area contributed by atoms with E-state index in [4.69, 9.17) is 0 Å². The molecule has 0 amide bonds. The SMILES string of the molecule is CCCc1nccn1C1CCNC1. The van der Waals surface area contributed by atoms with E-state index in [2.05, 4.69) is 28.0 Å². The second-order valence-electron chi connectivity index (χ2n) is 3.65. The van der Waals surface area contributed by atoms with E-state index in [9.17, 15) is 0 Å². The topological polar surface area (TPSA) is 29.9 Å². The van der Waals surface area contributed by atoms with Gasteiger partial charge in [0.1, 0.15) is 5.82 Å². The number of hydrogen-bond donors (Lipinski definition) is 1. The van der Waals surface area contributed by atoms with Gasteiger partial charge in [0.05, 0.1) is 0 Å². The molecule has 0 saturated carbocycles. The van der Waals surface area contributed by atoms with Crippen LogP contribution in [0.2, 0.25) is 0 Å². The Morgan fingerprint density at radius 1 is 1.69 bits per heavy atom. The Morgan fingerprint density at radius 2 is 2.62 bits per heavy atom.